The predicted molar refractivity (Wildman–Crippen MR) is 83.7 cm³/mol. The van der Waals surface area contributed by atoms with Crippen molar-refractivity contribution in [3.05, 3.63) is 45.6 Å². The van der Waals surface area contributed by atoms with Crippen LogP contribution in [-0.2, 0) is 22.9 Å². The van der Waals surface area contributed by atoms with Crippen LogP contribution in [0.4, 0.5) is 0 Å². The maximum Gasteiger partial charge on any atom is 0.353 e. The Morgan fingerprint density at radius 1 is 1.14 bits per heavy atom. The molecular weight excluding hydrogens is 322 g/mol. The van der Waals surface area contributed by atoms with Crippen molar-refractivity contribution in [2.45, 2.75) is 30.6 Å². The van der Waals surface area contributed by atoms with E-state index in [9.17, 15) is 13.2 Å². The van der Waals surface area contributed by atoms with E-state index in [4.69, 9.17) is 9.88 Å². The standard InChI is InChI=1S/C15H15NO4S2/c16-22(18,19)14-8-7-12(10-4-1-2-5-11(10)14)20-15(17)13-6-3-9-21-13/h3,6-9H,1-2,4-5H2,(H2,16,18,19). The average molecular weight is 337 g/mol. The van der Waals surface area contributed by atoms with Gasteiger partial charge in [0.25, 0.3) is 0 Å². The van der Waals surface area contributed by atoms with Crippen LogP contribution >= 0.6 is 11.3 Å². The molecule has 0 amide bonds. The van der Waals surface area contributed by atoms with Crippen LogP contribution in [0, 0.1) is 0 Å². The molecule has 1 aromatic carbocycles. The molecule has 0 spiro atoms. The maximum absolute atomic E-state index is 12.1. The first-order valence-corrected chi connectivity index (χ1v) is 9.32. The molecule has 7 heteroatoms. The van der Waals surface area contributed by atoms with Crippen LogP contribution in [0.2, 0.25) is 0 Å². The minimum absolute atomic E-state index is 0.137. The fourth-order valence-electron chi connectivity index (χ4n) is 2.71. The summed E-state index contributed by atoms with van der Waals surface area (Å²) >= 11 is 1.30. The number of fused-ring (bicyclic) bond motifs is 1. The number of carbonyl (C=O) groups is 1. The van der Waals surface area contributed by atoms with Gasteiger partial charge in [-0.15, -0.1) is 11.3 Å². The first-order valence-electron chi connectivity index (χ1n) is 6.90. The van der Waals surface area contributed by atoms with Gasteiger partial charge < -0.3 is 4.74 Å². The van der Waals surface area contributed by atoms with Crippen molar-refractivity contribution >= 4 is 27.3 Å². The third-order valence-corrected chi connectivity index (χ3v) is 5.53. The van der Waals surface area contributed by atoms with E-state index in [0.29, 0.717) is 29.0 Å². The number of benzene rings is 1. The summed E-state index contributed by atoms with van der Waals surface area (Å²) < 4.78 is 28.9. The lowest BCUT2D eigenvalue weighted by Gasteiger charge is -2.21. The molecule has 0 fully saturated rings. The molecule has 0 aliphatic heterocycles. The SMILES string of the molecule is NS(=O)(=O)c1ccc(OC(=O)c2cccs2)c2c1CCCC2. The van der Waals surface area contributed by atoms with Crippen molar-refractivity contribution in [2.24, 2.45) is 5.14 Å². The molecule has 0 radical (unpaired) electrons. The molecule has 0 saturated heterocycles. The molecule has 2 aromatic rings. The summed E-state index contributed by atoms with van der Waals surface area (Å²) in [6, 6.07) is 6.42. The Morgan fingerprint density at radius 2 is 1.86 bits per heavy atom. The number of rotatable bonds is 3. The van der Waals surface area contributed by atoms with Gasteiger partial charge in [0, 0.05) is 0 Å². The molecule has 2 N–H and O–H groups in total. The lowest BCUT2D eigenvalue weighted by atomic mass is 9.91. The minimum atomic E-state index is -3.77. The van der Waals surface area contributed by atoms with Gasteiger partial charge >= 0.3 is 5.97 Å². The molecular formula is C15H15NO4S2. The summed E-state index contributed by atoms with van der Waals surface area (Å²) in [5, 5.41) is 7.08. The number of hydrogen-bond donors (Lipinski definition) is 1. The number of sulfonamides is 1. The quantitative estimate of drug-likeness (QED) is 0.688. The van der Waals surface area contributed by atoms with E-state index in [1.807, 2.05) is 0 Å². The second kappa shape index (κ2) is 5.83. The summed E-state index contributed by atoms with van der Waals surface area (Å²) in [5.41, 5.74) is 1.47. The van der Waals surface area contributed by atoms with Crippen molar-refractivity contribution in [1.82, 2.24) is 0 Å². The fraction of sp³-hybridized carbons (Fsp3) is 0.267. The summed E-state index contributed by atoms with van der Waals surface area (Å²) in [5.74, 6) is 0.00614. The highest BCUT2D eigenvalue weighted by molar-refractivity contribution is 7.89. The summed E-state index contributed by atoms with van der Waals surface area (Å²) in [6.45, 7) is 0. The first kappa shape index (κ1) is 15.2. The Morgan fingerprint density at radius 3 is 2.50 bits per heavy atom. The van der Waals surface area contributed by atoms with Crippen LogP contribution in [0.25, 0.3) is 0 Å². The van der Waals surface area contributed by atoms with E-state index < -0.39 is 16.0 Å². The topological polar surface area (TPSA) is 86.5 Å². The molecule has 0 saturated carbocycles. The van der Waals surface area contributed by atoms with Crippen molar-refractivity contribution in [2.75, 3.05) is 0 Å². The molecule has 1 aromatic heterocycles. The van der Waals surface area contributed by atoms with E-state index in [1.165, 1.54) is 23.5 Å². The van der Waals surface area contributed by atoms with Crippen LogP contribution in [0.1, 0.15) is 33.6 Å². The van der Waals surface area contributed by atoms with Crippen LogP contribution in [0.15, 0.2) is 34.5 Å². The van der Waals surface area contributed by atoms with Crippen molar-refractivity contribution in [3.63, 3.8) is 0 Å². The molecule has 0 bridgehead atoms. The second-order valence-corrected chi connectivity index (χ2v) is 7.62. The molecule has 22 heavy (non-hydrogen) atoms. The van der Waals surface area contributed by atoms with E-state index in [1.54, 1.807) is 17.5 Å². The minimum Gasteiger partial charge on any atom is -0.422 e. The smallest absolute Gasteiger partial charge is 0.353 e. The molecule has 116 valence electrons. The van der Waals surface area contributed by atoms with E-state index in [0.717, 1.165) is 18.4 Å². The monoisotopic (exact) mass is 337 g/mol. The number of nitrogens with two attached hydrogens (primary N) is 1. The Labute approximate surface area is 132 Å². The number of primary sulfonamides is 1. The lowest BCUT2D eigenvalue weighted by Crippen LogP contribution is -2.19. The van der Waals surface area contributed by atoms with Crippen LogP contribution < -0.4 is 9.88 Å². The Kier molecular flexibility index (Phi) is 4.03. The van der Waals surface area contributed by atoms with Gasteiger partial charge in [0.05, 0.1) is 4.90 Å². The lowest BCUT2D eigenvalue weighted by molar-refractivity contribution is 0.0737. The van der Waals surface area contributed by atoms with E-state index >= 15 is 0 Å². The molecule has 0 atom stereocenters. The van der Waals surface area contributed by atoms with Gasteiger partial charge in [-0.2, -0.15) is 0 Å². The fourth-order valence-corrected chi connectivity index (χ4v) is 4.13. The van der Waals surface area contributed by atoms with Crippen LogP contribution in [0.3, 0.4) is 0 Å². The number of esters is 1. The van der Waals surface area contributed by atoms with Crippen LogP contribution in [-0.4, -0.2) is 14.4 Å². The largest absolute Gasteiger partial charge is 0.422 e. The number of carbonyl (C=O) groups excluding carboxylic acids is 1. The van der Waals surface area contributed by atoms with Crippen molar-refractivity contribution in [1.29, 1.82) is 0 Å². The predicted octanol–water partition coefficient (Wildman–Crippen LogP) is 2.49. The van der Waals surface area contributed by atoms with Crippen molar-refractivity contribution < 1.29 is 17.9 Å². The highest BCUT2D eigenvalue weighted by atomic mass is 32.2. The van der Waals surface area contributed by atoms with Gasteiger partial charge in [0.15, 0.2) is 0 Å². The Bertz CT molecular complexity index is 810. The second-order valence-electron chi connectivity index (χ2n) is 5.14. The Balaban J connectivity index is 2.01. The van der Waals surface area contributed by atoms with Gasteiger partial charge in [-0.1, -0.05) is 6.07 Å². The third kappa shape index (κ3) is 2.92. The summed E-state index contributed by atoms with van der Waals surface area (Å²) in [6.07, 6.45) is 3.15. The number of hydrogen-bond acceptors (Lipinski definition) is 5. The molecule has 5 nitrogen and oxygen atoms in total. The maximum atomic E-state index is 12.1. The van der Waals surface area contributed by atoms with E-state index in [2.05, 4.69) is 0 Å². The molecule has 1 aliphatic rings. The normalized spacial score (nSPS) is 14.4. The Hall–Kier alpha value is -1.70. The zero-order valence-corrected chi connectivity index (χ0v) is 13.4. The van der Waals surface area contributed by atoms with Crippen molar-refractivity contribution in [3.8, 4) is 5.75 Å². The van der Waals surface area contributed by atoms with Gasteiger partial charge in [0.2, 0.25) is 10.0 Å². The number of ether oxygens (including phenoxy) is 1. The molecule has 1 aliphatic carbocycles. The zero-order valence-electron chi connectivity index (χ0n) is 11.7. The summed E-state index contributed by atoms with van der Waals surface area (Å²) in [7, 11) is -3.77. The van der Waals surface area contributed by atoms with Gasteiger partial charge in [-0.25, -0.2) is 18.4 Å². The average Bonchev–Trinajstić information content (AvgIpc) is 3.00. The summed E-state index contributed by atoms with van der Waals surface area (Å²) in [4.78, 5) is 12.7. The molecule has 3 rings (SSSR count). The van der Waals surface area contributed by atoms with Crippen LogP contribution in [0.5, 0.6) is 5.75 Å². The van der Waals surface area contributed by atoms with Gasteiger partial charge in [-0.05, 0) is 60.4 Å². The number of thiophene rings is 1. The third-order valence-electron chi connectivity index (χ3n) is 3.68. The highest BCUT2D eigenvalue weighted by Gasteiger charge is 2.24. The first-order chi connectivity index (χ1) is 10.5. The highest BCUT2D eigenvalue weighted by Crippen LogP contribution is 2.34. The van der Waals surface area contributed by atoms with E-state index in [-0.39, 0.29) is 4.90 Å². The zero-order chi connectivity index (χ0) is 15.7. The molecule has 0 unspecified atom stereocenters. The van der Waals surface area contributed by atoms with Gasteiger partial charge in [0.1, 0.15) is 10.6 Å². The van der Waals surface area contributed by atoms with Gasteiger partial charge in [-0.3, -0.25) is 0 Å². The molecule has 1 heterocycles.